The molecule has 0 saturated heterocycles. The van der Waals surface area contributed by atoms with Crippen molar-refractivity contribution in [2.45, 2.75) is 25.7 Å². The van der Waals surface area contributed by atoms with E-state index in [9.17, 15) is 0 Å². The number of rotatable bonds is 9. The number of methoxy groups -OCH3 is 1. The van der Waals surface area contributed by atoms with Crippen molar-refractivity contribution in [1.29, 1.82) is 0 Å². The highest BCUT2D eigenvalue weighted by molar-refractivity contribution is 7.09. The van der Waals surface area contributed by atoms with Crippen molar-refractivity contribution < 1.29 is 4.74 Å². The Morgan fingerprint density at radius 2 is 2.00 bits per heavy atom. The predicted octanol–water partition coefficient (Wildman–Crippen LogP) is 3.23. The van der Waals surface area contributed by atoms with Crippen molar-refractivity contribution in [3.8, 4) is 5.75 Å². The second-order valence-corrected chi connectivity index (χ2v) is 6.36. The molecule has 0 amide bonds. The maximum Gasteiger partial charge on any atom is 0.188 e. The number of hydrogen-bond donors (Lipinski definition) is 2. The van der Waals surface area contributed by atoms with Gasteiger partial charge in [0, 0.05) is 18.0 Å². The molecule has 0 fully saturated rings. The highest BCUT2D eigenvalue weighted by Gasteiger charge is 1.97. The molecule has 2 rings (SSSR count). The number of benzene rings is 1. The first-order valence-corrected chi connectivity index (χ1v) is 8.85. The van der Waals surface area contributed by atoms with Gasteiger partial charge in [0.1, 0.15) is 5.75 Å². The first-order chi connectivity index (χ1) is 11.3. The minimum absolute atomic E-state index is 0.547. The molecular weight excluding hydrogens is 306 g/mol. The van der Waals surface area contributed by atoms with Crippen LogP contribution >= 0.6 is 11.3 Å². The summed E-state index contributed by atoms with van der Waals surface area (Å²) in [6, 6.07) is 12.4. The van der Waals surface area contributed by atoms with Gasteiger partial charge in [-0.05, 0) is 54.8 Å². The van der Waals surface area contributed by atoms with Gasteiger partial charge in [-0.2, -0.15) is 0 Å². The van der Waals surface area contributed by atoms with Crippen LogP contribution in [0, 0.1) is 0 Å². The van der Waals surface area contributed by atoms with Crippen molar-refractivity contribution in [2.24, 2.45) is 10.7 Å². The van der Waals surface area contributed by atoms with E-state index in [4.69, 9.17) is 10.5 Å². The summed E-state index contributed by atoms with van der Waals surface area (Å²) in [6.45, 7) is 1.61. The predicted molar refractivity (Wildman–Crippen MR) is 98.4 cm³/mol. The Labute approximate surface area is 142 Å². The molecule has 0 bridgehead atoms. The van der Waals surface area contributed by atoms with E-state index < -0.39 is 0 Å². The molecule has 0 atom stereocenters. The second kappa shape index (κ2) is 9.90. The van der Waals surface area contributed by atoms with Crippen molar-refractivity contribution in [1.82, 2.24) is 5.32 Å². The van der Waals surface area contributed by atoms with Gasteiger partial charge in [0.05, 0.1) is 7.11 Å². The van der Waals surface area contributed by atoms with E-state index in [-0.39, 0.29) is 0 Å². The van der Waals surface area contributed by atoms with E-state index in [0.29, 0.717) is 5.96 Å². The number of aryl methyl sites for hydroxylation is 1. The summed E-state index contributed by atoms with van der Waals surface area (Å²) in [5.74, 6) is 1.45. The molecule has 1 heterocycles. The topological polar surface area (TPSA) is 59.6 Å². The SMILES string of the molecule is COc1ccc(CCCCN=C(N)NCCc2cccs2)cc1. The summed E-state index contributed by atoms with van der Waals surface area (Å²) in [5, 5.41) is 5.26. The van der Waals surface area contributed by atoms with Gasteiger partial charge in [0.25, 0.3) is 0 Å². The van der Waals surface area contributed by atoms with Crippen LogP contribution in [0.4, 0.5) is 0 Å². The third-order valence-corrected chi connectivity index (χ3v) is 4.51. The molecule has 1 aromatic heterocycles. The van der Waals surface area contributed by atoms with Crippen molar-refractivity contribution in [3.05, 3.63) is 52.2 Å². The van der Waals surface area contributed by atoms with Gasteiger partial charge in [-0.25, -0.2) is 0 Å². The third kappa shape index (κ3) is 6.74. The van der Waals surface area contributed by atoms with E-state index in [1.165, 1.54) is 10.4 Å². The van der Waals surface area contributed by atoms with Gasteiger partial charge in [-0.15, -0.1) is 11.3 Å². The molecule has 0 saturated carbocycles. The minimum atomic E-state index is 0.547. The molecule has 124 valence electrons. The molecule has 0 aliphatic heterocycles. The first-order valence-electron chi connectivity index (χ1n) is 7.97. The molecular formula is C18H25N3OS. The fourth-order valence-electron chi connectivity index (χ4n) is 2.26. The Bertz CT molecular complexity index is 579. The Hall–Kier alpha value is -2.01. The van der Waals surface area contributed by atoms with Gasteiger partial charge in [-0.1, -0.05) is 18.2 Å². The van der Waals surface area contributed by atoms with Gasteiger partial charge >= 0.3 is 0 Å². The summed E-state index contributed by atoms with van der Waals surface area (Å²) in [6.07, 6.45) is 4.20. The molecule has 23 heavy (non-hydrogen) atoms. The van der Waals surface area contributed by atoms with Crippen LogP contribution in [0.5, 0.6) is 5.75 Å². The van der Waals surface area contributed by atoms with E-state index in [1.54, 1.807) is 18.4 Å². The molecule has 0 radical (unpaired) electrons. The number of aliphatic imine (C=N–C) groups is 1. The lowest BCUT2D eigenvalue weighted by Crippen LogP contribution is -2.33. The lowest BCUT2D eigenvalue weighted by atomic mass is 10.1. The van der Waals surface area contributed by atoms with Crippen LogP contribution < -0.4 is 15.8 Å². The molecule has 0 spiro atoms. The number of unbranched alkanes of at least 4 members (excludes halogenated alkanes) is 1. The zero-order chi connectivity index (χ0) is 16.3. The highest BCUT2D eigenvalue weighted by Crippen LogP contribution is 2.13. The highest BCUT2D eigenvalue weighted by atomic mass is 32.1. The lowest BCUT2D eigenvalue weighted by Gasteiger charge is -2.05. The smallest absolute Gasteiger partial charge is 0.188 e. The fraction of sp³-hybridized carbons (Fsp3) is 0.389. The molecule has 2 aromatic rings. The number of nitrogens with zero attached hydrogens (tertiary/aromatic N) is 1. The maximum atomic E-state index is 5.87. The summed E-state index contributed by atoms with van der Waals surface area (Å²) in [7, 11) is 1.69. The Balaban J connectivity index is 1.56. The van der Waals surface area contributed by atoms with Gasteiger partial charge < -0.3 is 15.8 Å². The Morgan fingerprint density at radius 3 is 2.70 bits per heavy atom. The van der Waals surface area contributed by atoms with Crippen LogP contribution in [0.2, 0.25) is 0 Å². The molecule has 0 unspecified atom stereocenters. The summed E-state index contributed by atoms with van der Waals surface area (Å²) >= 11 is 1.77. The largest absolute Gasteiger partial charge is 0.497 e. The van der Waals surface area contributed by atoms with Crippen LogP contribution in [0.25, 0.3) is 0 Å². The van der Waals surface area contributed by atoms with Crippen LogP contribution in [0.15, 0.2) is 46.8 Å². The monoisotopic (exact) mass is 331 g/mol. The Morgan fingerprint density at radius 1 is 1.17 bits per heavy atom. The van der Waals surface area contributed by atoms with E-state index in [1.807, 2.05) is 12.1 Å². The maximum absolute atomic E-state index is 5.87. The van der Waals surface area contributed by atoms with Crippen molar-refractivity contribution >= 4 is 17.3 Å². The first kappa shape index (κ1) is 17.3. The number of guanidine groups is 1. The standard InChI is InChI=1S/C18H25N3OS/c1-22-16-9-7-15(8-10-16)5-2-3-12-20-18(19)21-13-11-17-6-4-14-23-17/h4,6-10,14H,2-3,5,11-13H2,1H3,(H3,19,20,21). The van der Waals surface area contributed by atoms with Crippen LogP contribution in [-0.2, 0) is 12.8 Å². The zero-order valence-electron chi connectivity index (χ0n) is 13.6. The Kier molecular flexibility index (Phi) is 7.46. The quantitative estimate of drug-likeness (QED) is 0.421. The molecule has 5 heteroatoms. The van der Waals surface area contributed by atoms with Crippen LogP contribution in [0.3, 0.4) is 0 Å². The molecule has 4 nitrogen and oxygen atoms in total. The number of thiophene rings is 1. The lowest BCUT2D eigenvalue weighted by molar-refractivity contribution is 0.414. The van der Waals surface area contributed by atoms with Gasteiger partial charge in [-0.3, -0.25) is 4.99 Å². The van der Waals surface area contributed by atoms with Crippen LogP contribution in [-0.4, -0.2) is 26.2 Å². The zero-order valence-corrected chi connectivity index (χ0v) is 14.4. The molecule has 3 N–H and O–H groups in total. The van der Waals surface area contributed by atoms with Crippen molar-refractivity contribution in [3.63, 3.8) is 0 Å². The number of nitrogens with one attached hydrogen (secondary N) is 1. The van der Waals surface area contributed by atoms with Gasteiger partial charge in [0.15, 0.2) is 5.96 Å². The number of hydrogen-bond acceptors (Lipinski definition) is 3. The molecule has 1 aromatic carbocycles. The molecule has 0 aliphatic rings. The minimum Gasteiger partial charge on any atom is -0.497 e. The van der Waals surface area contributed by atoms with E-state index >= 15 is 0 Å². The second-order valence-electron chi connectivity index (χ2n) is 5.33. The third-order valence-electron chi connectivity index (χ3n) is 3.57. The van der Waals surface area contributed by atoms with E-state index in [2.05, 4.69) is 40.0 Å². The normalized spacial score (nSPS) is 11.4. The molecule has 0 aliphatic carbocycles. The summed E-state index contributed by atoms with van der Waals surface area (Å²) in [5.41, 5.74) is 7.20. The summed E-state index contributed by atoms with van der Waals surface area (Å²) in [4.78, 5) is 5.73. The van der Waals surface area contributed by atoms with Gasteiger partial charge in [0.2, 0.25) is 0 Å². The summed E-state index contributed by atoms with van der Waals surface area (Å²) < 4.78 is 5.16. The van der Waals surface area contributed by atoms with E-state index in [0.717, 1.165) is 44.5 Å². The number of nitrogens with two attached hydrogens (primary N) is 1. The number of ether oxygens (including phenoxy) is 1. The van der Waals surface area contributed by atoms with Crippen LogP contribution in [0.1, 0.15) is 23.3 Å². The average Bonchev–Trinajstić information content (AvgIpc) is 3.08. The fourth-order valence-corrected chi connectivity index (χ4v) is 2.97. The van der Waals surface area contributed by atoms with Crippen molar-refractivity contribution in [2.75, 3.05) is 20.2 Å². The average molecular weight is 331 g/mol.